The Kier molecular flexibility index (Phi) is 4.36. The molecule has 0 saturated carbocycles. The second kappa shape index (κ2) is 6.95. The van der Waals surface area contributed by atoms with E-state index in [9.17, 15) is 0 Å². The van der Waals surface area contributed by atoms with E-state index in [1.807, 2.05) is 36.4 Å². The lowest BCUT2D eigenvalue weighted by Crippen LogP contribution is -2.09. The zero-order chi connectivity index (χ0) is 17.1. The van der Waals surface area contributed by atoms with Gasteiger partial charge in [-0.25, -0.2) is 9.97 Å². The molecule has 124 valence electrons. The second-order valence-electron chi connectivity index (χ2n) is 5.80. The zero-order valence-electron chi connectivity index (χ0n) is 13.6. The molecule has 0 atom stereocenters. The molecule has 1 N–H and O–H groups in total. The Balaban J connectivity index is 1.68. The van der Waals surface area contributed by atoms with Crippen LogP contribution < -0.4 is 5.32 Å². The molecule has 0 saturated heterocycles. The molecule has 0 bridgehead atoms. The van der Waals surface area contributed by atoms with Crippen LogP contribution >= 0.6 is 11.6 Å². The molecule has 2 aromatic heterocycles. The van der Waals surface area contributed by atoms with E-state index in [1.54, 1.807) is 6.20 Å². The third kappa shape index (κ3) is 3.35. The first-order valence-electron chi connectivity index (χ1n) is 8.14. The molecule has 4 aromatic rings. The molecule has 0 unspecified atom stereocenters. The fourth-order valence-electron chi connectivity index (χ4n) is 2.86. The van der Waals surface area contributed by atoms with Gasteiger partial charge in [0.1, 0.15) is 5.15 Å². The summed E-state index contributed by atoms with van der Waals surface area (Å²) in [5.74, 6) is 0.824. The highest BCUT2D eigenvalue weighted by Crippen LogP contribution is 2.22. The number of benzene rings is 2. The summed E-state index contributed by atoms with van der Waals surface area (Å²) < 4.78 is 2.19. The highest BCUT2D eigenvalue weighted by Gasteiger charge is 2.11. The molecule has 0 aliphatic carbocycles. The van der Waals surface area contributed by atoms with Crippen molar-refractivity contribution < 1.29 is 0 Å². The van der Waals surface area contributed by atoms with Gasteiger partial charge in [0.05, 0.1) is 17.6 Å². The molecule has 5 heteroatoms. The fourth-order valence-corrected chi connectivity index (χ4v) is 3.05. The first kappa shape index (κ1) is 15.7. The van der Waals surface area contributed by atoms with Gasteiger partial charge in [-0.15, -0.1) is 0 Å². The number of imidazole rings is 1. The molecule has 0 aliphatic heterocycles. The van der Waals surface area contributed by atoms with Crippen LogP contribution in [0.3, 0.4) is 0 Å². The van der Waals surface area contributed by atoms with Gasteiger partial charge in [0, 0.05) is 18.3 Å². The lowest BCUT2D eigenvalue weighted by molar-refractivity contribution is 0.822. The number of nitrogens with zero attached hydrogens (tertiary/aromatic N) is 3. The van der Waals surface area contributed by atoms with Crippen LogP contribution in [0.5, 0.6) is 0 Å². The number of para-hydroxylation sites is 2. The topological polar surface area (TPSA) is 42.7 Å². The van der Waals surface area contributed by atoms with Gasteiger partial charge in [-0.3, -0.25) is 0 Å². The number of fused-ring (bicyclic) bond motifs is 1. The average Bonchev–Trinajstić information content (AvgIpc) is 3.00. The molecule has 2 heterocycles. The van der Waals surface area contributed by atoms with Crippen molar-refractivity contribution in [2.45, 2.75) is 13.1 Å². The summed E-state index contributed by atoms with van der Waals surface area (Å²) >= 11 is 6.16. The molecule has 0 radical (unpaired) electrons. The van der Waals surface area contributed by atoms with Gasteiger partial charge >= 0.3 is 0 Å². The van der Waals surface area contributed by atoms with E-state index in [0.717, 1.165) is 29.1 Å². The monoisotopic (exact) mass is 348 g/mol. The van der Waals surface area contributed by atoms with E-state index < -0.39 is 0 Å². The molecule has 0 spiro atoms. The summed E-state index contributed by atoms with van der Waals surface area (Å²) in [5.41, 5.74) is 4.25. The van der Waals surface area contributed by atoms with Gasteiger partial charge in [-0.05, 0) is 23.8 Å². The second-order valence-corrected chi connectivity index (χ2v) is 6.16. The Bertz CT molecular complexity index is 995. The van der Waals surface area contributed by atoms with E-state index in [1.165, 1.54) is 5.56 Å². The Morgan fingerprint density at radius 2 is 1.72 bits per heavy atom. The smallest absolute Gasteiger partial charge is 0.204 e. The van der Waals surface area contributed by atoms with Crippen LogP contribution in [0.4, 0.5) is 5.95 Å². The van der Waals surface area contributed by atoms with Crippen LogP contribution in [-0.4, -0.2) is 14.5 Å². The molecule has 2 aromatic carbocycles. The SMILES string of the molecule is Clc1ncccc1CNc1nc2ccccc2n1Cc1ccccc1. The van der Waals surface area contributed by atoms with Crippen LogP contribution in [0, 0.1) is 0 Å². The predicted molar refractivity (Wildman–Crippen MR) is 102 cm³/mol. The molecule has 4 nitrogen and oxygen atoms in total. The highest BCUT2D eigenvalue weighted by atomic mass is 35.5. The highest BCUT2D eigenvalue weighted by molar-refractivity contribution is 6.30. The summed E-state index contributed by atoms with van der Waals surface area (Å²) in [5, 5.41) is 3.92. The quantitative estimate of drug-likeness (QED) is 0.529. The van der Waals surface area contributed by atoms with Crippen LogP contribution in [0.15, 0.2) is 72.9 Å². The van der Waals surface area contributed by atoms with Crippen molar-refractivity contribution in [2.24, 2.45) is 0 Å². The molecule has 0 fully saturated rings. The summed E-state index contributed by atoms with van der Waals surface area (Å²) in [6.07, 6.45) is 1.69. The summed E-state index contributed by atoms with van der Waals surface area (Å²) in [7, 11) is 0. The maximum Gasteiger partial charge on any atom is 0.204 e. The normalized spacial score (nSPS) is 10.9. The number of rotatable bonds is 5. The fraction of sp³-hybridized carbons (Fsp3) is 0.100. The van der Waals surface area contributed by atoms with Crippen LogP contribution in [0.1, 0.15) is 11.1 Å². The van der Waals surface area contributed by atoms with Gasteiger partial charge in [0.2, 0.25) is 5.95 Å². The van der Waals surface area contributed by atoms with Crippen molar-refractivity contribution >= 4 is 28.6 Å². The number of hydrogen-bond acceptors (Lipinski definition) is 3. The molecule has 25 heavy (non-hydrogen) atoms. The maximum absolute atomic E-state index is 6.16. The van der Waals surface area contributed by atoms with Gasteiger partial charge in [0.15, 0.2) is 0 Å². The van der Waals surface area contributed by atoms with Crippen LogP contribution in [0.25, 0.3) is 11.0 Å². The molecular weight excluding hydrogens is 332 g/mol. The van der Waals surface area contributed by atoms with E-state index >= 15 is 0 Å². The van der Waals surface area contributed by atoms with Crippen LogP contribution in [0.2, 0.25) is 5.15 Å². The number of anilines is 1. The summed E-state index contributed by atoms with van der Waals surface area (Å²) in [6.45, 7) is 1.33. The first-order valence-corrected chi connectivity index (χ1v) is 8.51. The van der Waals surface area contributed by atoms with E-state index in [4.69, 9.17) is 16.6 Å². The minimum atomic E-state index is 0.515. The molecule has 4 rings (SSSR count). The van der Waals surface area contributed by atoms with E-state index in [-0.39, 0.29) is 0 Å². The largest absolute Gasteiger partial charge is 0.351 e. The minimum Gasteiger partial charge on any atom is -0.351 e. The van der Waals surface area contributed by atoms with Crippen molar-refractivity contribution in [1.82, 2.24) is 14.5 Å². The van der Waals surface area contributed by atoms with Gasteiger partial charge in [-0.2, -0.15) is 0 Å². The zero-order valence-corrected chi connectivity index (χ0v) is 14.3. The summed E-state index contributed by atoms with van der Waals surface area (Å²) in [6, 6.07) is 22.4. The molecule has 0 aliphatic rings. The van der Waals surface area contributed by atoms with E-state index in [2.05, 4.69) is 45.2 Å². The summed E-state index contributed by atoms with van der Waals surface area (Å²) in [4.78, 5) is 8.86. The number of hydrogen-bond donors (Lipinski definition) is 1. The van der Waals surface area contributed by atoms with Gasteiger partial charge in [-0.1, -0.05) is 60.1 Å². The van der Waals surface area contributed by atoms with Crippen molar-refractivity contribution in [3.63, 3.8) is 0 Å². The number of nitrogens with one attached hydrogen (secondary N) is 1. The Morgan fingerprint density at radius 3 is 2.56 bits per heavy atom. The molecule has 0 amide bonds. The number of aromatic nitrogens is 3. The van der Waals surface area contributed by atoms with Crippen molar-refractivity contribution in [3.8, 4) is 0 Å². The van der Waals surface area contributed by atoms with Crippen LogP contribution in [-0.2, 0) is 13.1 Å². The molecular formula is C20H17ClN4. The Hall–Kier alpha value is -2.85. The van der Waals surface area contributed by atoms with Crippen molar-refractivity contribution in [2.75, 3.05) is 5.32 Å². The van der Waals surface area contributed by atoms with Gasteiger partial charge < -0.3 is 9.88 Å². The number of pyridine rings is 1. The minimum absolute atomic E-state index is 0.515. The number of halogens is 1. The van der Waals surface area contributed by atoms with E-state index in [0.29, 0.717) is 11.7 Å². The average molecular weight is 349 g/mol. The standard InChI is InChI=1S/C20H17ClN4/c21-19-16(9-6-12-22-19)13-23-20-24-17-10-4-5-11-18(17)25(20)14-15-7-2-1-3-8-15/h1-12H,13-14H2,(H,23,24). The van der Waals surface area contributed by atoms with Gasteiger partial charge in [0.25, 0.3) is 0 Å². The Morgan fingerprint density at radius 1 is 0.920 bits per heavy atom. The first-order chi connectivity index (χ1) is 12.3. The lowest BCUT2D eigenvalue weighted by atomic mass is 10.2. The predicted octanol–water partition coefficient (Wildman–Crippen LogP) is 4.75. The lowest BCUT2D eigenvalue weighted by Gasteiger charge is -2.11. The third-order valence-corrected chi connectivity index (χ3v) is 4.45. The van der Waals surface area contributed by atoms with Crippen molar-refractivity contribution in [1.29, 1.82) is 0 Å². The maximum atomic E-state index is 6.16. The third-order valence-electron chi connectivity index (χ3n) is 4.11. The van der Waals surface area contributed by atoms with Crippen molar-refractivity contribution in [3.05, 3.63) is 89.2 Å². The Labute approximate surface area is 151 Å².